The number of amides is 1. The molecule has 1 atom stereocenters. The Morgan fingerprint density at radius 3 is 2.68 bits per heavy atom. The molecule has 0 aliphatic heterocycles. The van der Waals surface area contributed by atoms with Gasteiger partial charge in [0.2, 0.25) is 5.91 Å². The third kappa shape index (κ3) is 3.62. The summed E-state index contributed by atoms with van der Waals surface area (Å²) >= 11 is 0. The van der Waals surface area contributed by atoms with Crippen LogP contribution in [0.1, 0.15) is 56.0 Å². The molecule has 1 saturated carbocycles. The molecule has 5 nitrogen and oxygen atoms in total. The molecular formula is C17H21F3N4O. The standard InChI is InChI=1S/C17H21F3N4O/c1-4-9(2)21-14(25)8-24-16-15(10(3)23-24)12(17(18,19)20)7-13(22-16)11-5-6-11/h7,9,11H,4-6,8H2,1-3H3,(H,21,25)/t9-/m0/s1. The normalized spacial score (nSPS) is 16.2. The van der Waals surface area contributed by atoms with Gasteiger partial charge in [0.05, 0.1) is 16.6 Å². The first-order valence-electron chi connectivity index (χ1n) is 8.45. The topological polar surface area (TPSA) is 59.8 Å². The van der Waals surface area contributed by atoms with Gasteiger partial charge in [0.25, 0.3) is 0 Å². The molecule has 0 spiro atoms. The van der Waals surface area contributed by atoms with Crippen molar-refractivity contribution in [3.05, 3.63) is 23.0 Å². The average molecular weight is 354 g/mol. The van der Waals surface area contributed by atoms with Crippen molar-refractivity contribution < 1.29 is 18.0 Å². The predicted molar refractivity (Wildman–Crippen MR) is 87.1 cm³/mol. The summed E-state index contributed by atoms with van der Waals surface area (Å²) in [7, 11) is 0. The molecule has 2 aromatic heterocycles. The van der Waals surface area contributed by atoms with Crippen LogP contribution in [0.5, 0.6) is 0 Å². The number of rotatable bonds is 5. The molecule has 0 saturated heterocycles. The molecule has 8 heteroatoms. The molecule has 0 bridgehead atoms. The molecule has 0 aromatic carbocycles. The second-order valence-corrected chi connectivity index (χ2v) is 6.69. The maximum atomic E-state index is 13.5. The summed E-state index contributed by atoms with van der Waals surface area (Å²) in [5.74, 6) is -0.214. The Kier molecular flexibility index (Phi) is 4.47. The maximum Gasteiger partial charge on any atom is 0.417 e. The van der Waals surface area contributed by atoms with Gasteiger partial charge < -0.3 is 5.32 Å². The Morgan fingerprint density at radius 2 is 2.12 bits per heavy atom. The lowest BCUT2D eigenvalue weighted by Gasteiger charge is -2.13. The van der Waals surface area contributed by atoms with Gasteiger partial charge in [0.1, 0.15) is 6.54 Å². The van der Waals surface area contributed by atoms with Crippen molar-refractivity contribution in [3.8, 4) is 0 Å². The zero-order valence-corrected chi connectivity index (χ0v) is 14.4. The van der Waals surface area contributed by atoms with Crippen LogP contribution in [0.2, 0.25) is 0 Å². The van der Waals surface area contributed by atoms with Crippen LogP contribution in [-0.4, -0.2) is 26.7 Å². The van der Waals surface area contributed by atoms with Gasteiger partial charge in [-0.2, -0.15) is 18.3 Å². The first-order valence-corrected chi connectivity index (χ1v) is 8.45. The van der Waals surface area contributed by atoms with E-state index in [9.17, 15) is 18.0 Å². The summed E-state index contributed by atoms with van der Waals surface area (Å²) in [6, 6.07) is 1.13. The molecule has 1 aliphatic carbocycles. The Balaban J connectivity index is 2.05. The summed E-state index contributed by atoms with van der Waals surface area (Å²) in [4.78, 5) is 16.5. The van der Waals surface area contributed by atoms with Crippen LogP contribution in [-0.2, 0) is 17.5 Å². The smallest absolute Gasteiger partial charge is 0.352 e. The number of pyridine rings is 1. The molecule has 0 unspecified atom stereocenters. The van der Waals surface area contributed by atoms with Crippen LogP contribution in [0.4, 0.5) is 13.2 Å². The van der Waals surface area contributed by atoms with Crippen molar-refractivity contribution in [2.75, 3.05) is 0 Å². The van der Waals surface area contributed by atoms with Crippen LogP contribution in [0.15, 0.2) is 6.07 Å². The first kappa shape index (κ1) is 17.7. The second kappa shape index (κ2) is 6.31. The van der Waals surface area contributed by atoms with Crippen LogP contribution < -0.4 is 5.32 Å². The highest BCUT2D eigenvalue weighted by atomic mass is 19.4. The van der Waals surface area contributed by atoms with E-state index in [2.05, 4.69) is 15.4 Å². The summed E-state index contributed by atoms with van der Waals surface area (Å²) in [5, 5.41) is 6.93. The third-order valence-corrected chi connectivity index (χ3v) is 4.51. The van der Waals surface area contributed by atoms with Gasteiger partial charge in [-0.3, -0.25) is 4.79 Å². The minimum atomic E-state index is -4.48. The lowest BCUT2D eigenvalue weighted by Crippen LogP contribution is -2.34. The number of aryl methyl sites for hydroxylation is 1. The molecule has 25 heavy (non-hydrogen) atoms. The van der Waals surface area contributed by atoms with E-state index >= 15 is 0 Å². The van der Waals surface area contributed by atoms with E-state index in [-0.39, 0.29) is 41.1 Å². The fourth-order valence-corrected chi connectivity index (χ4v) is 2.85. The Labute approximate surface area is 143 Å². The van der Waals surface area contributed by atoms with Gasteiger partial charge in [0, 0.05) is 17.7 Å². The molecular weight excluding hydrogens is 333 g/mol. The zero-order chi connectivity index (χ0) is 18.4. The van der Waals surface area contributed by atoms with Crippen LogP contribution >= 0.6 is 0 Å². The van der Waals surface area contributed by atoms with E-state index in [0.29, 0.717) is 5.69 Å². The molecule has 2 aromatic rings. The number of carbonyl (C=O) groups is 1. The number of halogens is 3. The number of nitrogens with one attached hydrogen (secondary N) is 1. The Hall–Kier alpha value is -2.12. The monoisotopic (exact) mass is 354 g/mol. The molecule has 1 aliphatic rings. The molecule has 0 radical (unpaired) electrons. The third-order valence-electron chi connectivity index (χ3n) is 4.51. The number of nitrogens with zero attached hydrogens (tertiary/aromatic N) is 3. The van der Waals surface area contributed by atoms with Crippen molar-refractivity contribution in [3.63, 3.8) is 0 Å². The summed E-state index contributed by atoms with van der Waals surface area (Å²) in [6.07, 6.45) is -2.02. The Morgan fingerprint density at radius 1 is 1.44 bits per heavy atom. The highest BCUT2D eigenvalue weighted by Crippen LogP contribution is 2.43. The van der Waals surface area contributed by atoms with Gasteiger partial charge in [-0.15, -0.1) is 0 Å². The molecule has 1 amide bonds. The van der Waals surface area contributed by atoms with Crippen molar-refractivity contribution >= 4 is 16.9 Å². The number of aromatic nitrogens is 3. The van der Waals surface area contributed by atoms with Crippen molar-refractivity contribution in [1.29, 1.82) is 0 Å². The maximum absolute atomic E-state index is 13.5. The highest BCUT2D eigenvalue weighted by Gasteiger charge is 2.37. The quantitative estimate of drug-likeness (QED) is 0.893. The van der Waals surface area contributed by atoms with Crippen LogP contribution in [0, 0.1) is 6.92 Å². The number of alkyl halides is 3. The lowest BCUT2D eigenvalue weighted by atomic mass is 10.1. The van der Waals surface area contributed by atoms with E-state index in [1.165, 1.54) is 11.6 Å². The minimum absolute atomic E-state index is 0.00357. The fourth-order valence-electron chi connectivity index (χ4n) is 2.85. The predicted octanol–water partition coefficient (Wildman–Crippen LogP) is 3.55. The molecule has 1 N–H and O–H groups in total. The number of hydrogen-bond donors (Lipinski definition) is 1. The van der Waals surface area contributed by atoms with Crippen molar-refractivity contribution in [1.82, 2.24) is 20.1 Å². The van der Waals surface area contributed by atoms with E-state index in [4.69, 9.17) is 0 Å². The molecule has 1 fully saturated rings. The molecule has 136 valence electrons. The van der Waals surface area contributed by atoms with Gasteiger partial charge in [-0.25, -0.2) is 9.67 Å². The fraction of sp³-hybridized carbons (Fsp3) is 0.588. The van der Waals surface area contributed by atoms with E-state index < -0.39 is 11.7 Å². The van der Waals surface area contributed by atoms with Crippen molar-refractivity contribution in [2.24, 2.45) is 0 Å². The number of fused-ring (bicyclic) bond motifs is 1. The van der Waals surface area contributed by atoms with Gasteiger partial charge >= 0.3 is 6.18 Å². The lowest BCUT2D eigenvalue weighted by molar-refractivity contribution is -0.136. The first-order chi connectivity index (χ1) is 11.7. The van der Waals surface area contributed by atoms with Crippen LogP contribution in [0.3, 0.4) is 0 Å². The summed E-state index contributed by atoms with van der Waals surface area (Å²) in [5.41, 5.74) is 0.0795. The van der Waals surface area contributed by atoms with Gasteiger partial charge in [-0.05, 0) is 39.2 Å². The summed E-state index contributed by atoms with van der Waals surface area (Å²) in [6.45, 7) is 5.18. The van der Waals surface area contributed by atoms with E-state index in [1.54, 1.807) is 0 Å². The van der Waals surface area contributed by atoms with E-state index in [1.807, 2.05) is 13.8 Å². The SMILES string of the molecule is CC[C@H](C)NC(=O)Cn1nc(C)c2c(C(F)(F)F)cc(C3CC3)nc21. The zero-order valence-electron chi connectivity index (χ0n) is 14.4. The van der Waals surface area contributed by atoms with Crippen LogP contribution in [0.25, 0.3) is 11.0 Å². The van der Waals surface area contributed by atoms with E-state index in [0.717, 1.165) is 25.3 Å². The molecule has 3 rings (SSSR count). The molecule has 2 heterocycles. The van der Waals surface area contributed by atoms with Gasteiger partial charge in [-0.1, -0.05) is 6.92 Å². The number of carbonyl (C=O) groups excluding carboxylic acids is 1. The minimum Gasteiger partial charge on any atom is -0.352 e. The highest BCUT2D eigenvalue weighted by molar-refractivity contribution is 5.85. The Bertz CT molecular complexity index is 808. The average Bonchev–Trinajstić information content (AvgIpc) is 3.32. The second-order valence-electron chi connectivity index (χ2n) is 6.69. The van der Waals surface area contributed by atoms with Gasteiger partial charge in [0.15, 0.2) is 5.65 Å². The van der Waals surface area contributed by atoms with Crippen molar-refractivity contribution in [2.45, 2.75) is 64.7 Å². The largest absolute Gasteiger partial charge is 0.417 e. The summed E-state index contributed by atoms with van der Waals surface area (Å²) < 4.78 is 41.8. The number of hydrogen-bond acceptors (Lipinski definition) is 3.